The highest BCUT2D eigenvalue weighted by Crippen LogP contribution is 2.20. The van der Waals surface area contributed by atoms with Crippen LogP contribution in [0.1, 0.15) is 26.5 Å². The molecule has 22 heavy (non-hydrogen) atoms. The molecule has 0 bridgehead atoms. The molecule has 1 heterocycles. The second kappa shape index (κ2) is 6.67. The van der Waals surface area contributed by atoms with Crippen molar-refractivity contribution < 1.29 is 9.53 Å². The smallest absolute Gasteiger partial charge is 0.407 e. The van der Waals surface area contributed by atoms with E-state index in [1.807, 2.05) is 20.8 Å². The van der Waals surface area contributed by atoms with Crippen LogP contribution in [0.4, 0.5) is 4.79 Å². The molecular formula is C15H17Cl2N3O2. The summed E-state index contributed by atoms with van der Waals surface area (Å²) < 4.78 is 5.16. The summed E-state index contributed by atoms with van der Waals surface area (Å²) in [6.07, 6.45) is -0.0199. The molecule has 2 rings (SSSR count). The molecule has 1 aromatic heterocycles. The third kappa shape index (κ3) is 4.71. The van der Waals surface area contributed by atoms with Crippen LogP contribution in [0.3, 0.4) is 0 Å². The Bertz CT molecular complexity index is 699. The second-order valence-corrected chi connectivity index (χ2v) is 6.57. The Kier molecular flexibility index (Phi) is 5.08. The molecule has 0 spiro atoms. The molecule has 118 valence electrons. The zero-order valence-corrected chi connectivity index (χ0v) is 14.1. The molecular weight excluding hydrogens is 325 g/mol. The van der Waals surface area contributed by atoms with Gasteiger partial charge in [-0.15, -0.1) is 0 Å². The molecule has 0 unspecified atom stereocenters. The van der Waals surface area contributed by atoms with Crippen molar-refractivity contribution >= 4 is 40.3 Å². The van der Waals surface area contributed by atoms with E-state index in [0.717, 1.165) is 0 Å². The van der Waals surface area contributed by atoms with Crippen LogP contribution in [0.2, 0.25) is 10.2 Å². The van der Waals surface area contributed by atoms with Crippen LogP contribution in [-0.2, 0) is 11.2 Å². The van der Waals surface area contributed by atoms with Gasteiger partial charge < -0.3 is 10.1 Å². The van der Waals surface area contributed by atoms with Gasteiger partial charge in [0, 0.05) is 18.0 Å². The van der Waals surface area contributed by atoms with Crippen molar-refractivity contribution in [1.82, 2.24) is 15.3 Å². The molecule has 0 fully saturated rings. The number of aromatic nitrogens is 2. The molecule has 0 aliphatic heterocycles. The highest BCUT2D eigenvalue weighted by Gasteiger charge is 2.16. The maximum Gasteiger partial charge on any atom is 0.407 e. The van der Waals surface area contributed by atoms with Crippen molar-refractivity contribution in [3.05, 3.63) is 34.1 Å². The third-order valence-corrected chi connectivity index (χ3v) is 3.22. The van der Waals surface area contributed by atoms with Crippen LogP contribution in [0.5, 0.6) is 0 Å². The molecule has 1 N–H and O–H groups in total. The van der Waals surface area contributed by atoms with E-state index in [2.05, 4.69) is 15.3 Å². The van der Waals surface area contributed by atoms with E-state index in [4.69, 9.17) is 27.9 Å². The minimum atomic E-state index is -0.527. The van der Waals surface area contributed by atoms with Gasteiger partial charge in [-0.2, -0.15) is 0 Å². The van der Waals surface area contributed by atoms with Gasteiger partial charge in [-0.1, -0.05) is 23.2 Å². The van der Waals surface area contributed by atoms with Crippen molar-refractivity contribution in [1.29, 1.82) is 0 Å². The van der Waals surface area contributed by atoms with Gasteiger partial charge >= 0.3 is 6.09 Å². The van der Waals surface area contributed by atoms with Gasteiger partial charge in [-0.3, -0.25) is 0 Å². The Labute approximate surface area is 139 Å². The van der Waals surface area contributed by atoms with E-state index < -0.39 is 11.7 Å². The zero-order chi connectivity index (χ0) is 16.3. The topological polar surface area (TPSA) is 64.1 Å². The van der Waals surface area contributed by atoms with Gasteiger partial charge in [-0.05, 0) is 39.0 Å². The van der Waals surface area contributed by atoms with E-state index in [1.54, 1.807) is 18.2 Å². The van der Waals surface area contributed by atoms with Gasteiger partial charge in [0.15, 0.2) is 5.15 Å². The monoisotopic (exact) mass is 341 g/mol. The maximum absolute atomic E-state index is 11.6. The number of carbonyl (C=O) groups excluding carboxylic acids is 1. The first-order valence-corrected chi connectivity index (χ1v) is 7.59. The van der Waals surface area contributed by atoms with Gasteiger partial charge in [0.1, 0.15) is 5.60 Å². The minimum Gasteiger partial charge on any atom is -0.444 e. The lowest BCUT2D eigenvalue weighted by Gasteiger charge is -2.19. The summed E-state index contributed by atoms with van der Waals surface area (Å²) in [6.45, 7) is 5.78. The van der Waals surface area contributed by atoms with Crippen LogP contribution in [0, 0.1) is 0 Å². The summed E-state index contributed by atoms with van der Waals surface area (Å²) in [4.78, 5) is 20.3. The third-order valence-electron chi connectivity index (χ3n) is 2.68. The Balaban J connectivity index is 2.02. The number of hydrogen-bond acceptors (Lipinski definition) is 4. The Morgan fingerprint density at radius 1 is 1.23 bits per heavy atom. The molecule has 0 aliphatic carbocycles. The summed E-state index contributed by atoms with van der Waals surface area (Å²) in [5, 5.41) is 3.57. The minimum absolute atomic E-state index is 0.320. The molecule has 5 nitrogen and oxygen atoms in total. The van der Waals surface area contributed by atoms with Crippen LogP contribution in [-0.4, -0.2) is 28.2 Å². The summed E-state index contributed by atoms with van der Waals surface area (Å²) in [5.74, 6) is 0. The predicted octanol–water partition coefficient (Wildman–Crippen LogP) is 4.00. The molecule has 0 saturated carbocycles. The fourth-order valence-corrected chi connectivity index (χ4v) is 2.19. The fraction of sp³-hybridized carbons (Fsp3) is 0.400. The summed E-state index contributed by atoms with van der Waals surface area (Å²) >= 11 is 12.1. The number of ether oxygens (including phenoxy) is 1. The molecule has 1 amide bonds. The van der Waals surface area contributed by atoms with Crippen molar-refractivity contribution in [2.24, 2.45) is 0 Å². The molecule has 7 heteroatoms. The fourth-order valence-electron chi connectivity index (χ4n) is 1.80. The SMILES string of the molecule is CC(C)(C)OC(=O)NCCc1nc2cc(Cl)ccc2nc1Cl. The van der Waals surface area contributed by atoms with Gasteiger partial charge in [0.05, 0.1) is 16.7 Å². The number of hydrogen-bond donors (Lipinski definition) is 1. The molecule has 0 atom stereocenters. The number of fused-ring (bicyclic) bond motifs is 1. The number of halogens is 2. The predicted molar refractivity (Wildman–Crippen MR) is 87.5 cm³/mol. The van der Waals surface area contributed by atoms with Crippen LogP contribution < -0.4 is 5.32 Å². The van der Waals surface area contributed by atoms with Crippen molar-refractivity contribution in [3.8, 4) is 0 Å². The number of benzene rings is 1. The average molecular weight is 342 g/mol. The quantitative estimate of drug-likeness (QED) is 0.916. The number of carbonyl (C=O) groups is 1. The average Bonchev–Trinajstić information content (AvgIpc) is 2.37. The van der Waals surface area contributed by atoms with E-state index in [1.165, 1.54) is 0 Å². The lowest BCUT2D eigenvalue weighted by atomic mass is 10.2. The first-order chi connectivity index (χ1) is 10.2. The van der Waals surface area contributed by atoms with E-state index >= 15 is 0 Å². The highest BCUT2D eigenvalue weighted by molar-refractivity contribution is 6.31. The Morgan fingerprint density at radius 2 is 1.95 bits per heavy atom. The van der Waals surface area contributed by atoms with Gasteiger partial charge in [-0.25, -0.2) is 14.8 Å². The Hall–Kier alpha value is -1.59. The standard InChI is InChI=1S/C15H17Cl2N3O2/c1-15(2,3)22-14(21)18-7-6-11-13(17)20-10-5-4-9(16)8-12(10)19-11/h4-5,8H,6-7H2,1-3H3,(H,18,21). The van der Waals surface area contributed by atoms with E-state index in [9.17, 15) is 4.79 Å². The summed E-state index contributed by atoms with van der Waals surface area (Å²) in [7, 11) is 0. The van der Waals surface area contributed by atoms with Gasteiger partial charge in [0.25, 0.3) is 0 Å². The Morgan fingerprint density at radius 3 is 2.64 bits per heavy atom. The number of nitrogens with zero attached hydrogens (tertiary/aromatic N) is 2. The largest absolute Gasteiger partial charge is 0.444 e. The molecule has 0 radical (unpaired) electrons. The lowest BCUT2D eigenvalue weighted by Crippen LogP contribution is -2.33. The second-order valence-electron chi connectivity index (χ2n) is 5.77. The maximum atomic E-state index is 11.6. The van der Waals surface area contributed by atoms with E-state index in [0.29, 0.717) is 39.9 Å². The molecule has 1 aromatic carbocycles. The molecule has 0 aliphatic rings. The highest BCUT2D eigenvalue weighted by atomic mass is 35.5. The van der Waals surface area contributed by atoms with Crippen molar-refractivity contribution in [3.63, 3.8) is 0 Å². The number of amides is 1. The summed E-state index contributed by atoms with van der Waals surface area (Å²) in [5.41, 5.74) is 1.43. The molecule has 0 saturated heterocycles. The van der Waals surface area contributed by atoms with Crippen molar-refractivity contribution in [2.45, 2.75) is 32.8 Å². The first kappa shape index (κ1) is 16.8. The normalized spacial score (nSPS) is 11.5. The first-order valence-electron chi connectivity index (χ1n) is 6.83. The lowest BCUT2D eigenvalue weighted by molar-refractivity contribution is 0.0528. The van der Waals surface area contributed by atoms with Crippen molar-refractivity contribution in [2.75, 3.05) is 6.54 Å². The van der Waals surface area contributed by atoms with Gasteiger partial charge in [0.2, 0.25) is 0 Å². The summed E-state index contributed by atoms with van der Waals surface area (Å²) in [6, 6.07) is 5.23. The van der Waals surface area contributed by atoms with Crippen LogP contribution >= 0.6 is 23.2 Å². The van der Waals surface area contributed by atoms with Crippen LogP contribution in [0.25, 0.3) is 11.0 Å². The number of rotatable bonds is 3. The number of alkyl carbamates (subject to hydrolysis) is 1. The zero-order valence-electron chi connectivity index (χ0n) is 12.6. The van der Waals surface area contributed by atoms with Crippen LogP contribution in [0.15, 0.2) is 18.2 Å². The molecule has 2 aromatic rings. The number of nitrogens with one attached hydrogen (secondary N) is 1. The van der Waals surface area contributed by atoms with E-state index in [-0.39, 0.29) is 0 Å².